The highest BCUT2D eigenvalue weighted by Crippen LogP contribution is 2.47. The Kier molecular flexibility index (Phi) is 13.4. The average Bonchev–Trinajstić information content (AvgIpc) is 3.39. The molecule has 2 aliphatic rings. The molecule has 2 fully saturated rings. The lowest BCUT2D eigenvalue weighted by molar-refractivity contribution is -0.171. The highest BCUT2D eigenvalue weighted by molar-refractivity contribution is 8.14. The number of thioether (sulfide) groups is 1. The predicted octanol–water partition coefficient (Wildman–Crippen LogP) is 5.60. The van der Waals surface area contributed by atoms with Crippen LogP contribution in [0.2, 0.25) is 0 Å². The van der Waals surface area contributed by atoms with E-state index in [1.165, 1.54) is 25.8 Å². The quantitative estimate of drug-likeness (QED) is 0.159. The highest BCUT2D eigenvalue weighted by atomic mass is 32.2. The number of carbonyl (C=O) groups excluding carboxylic acids is 3. The van der Waals surface area contributed by atoms with Gasteiger partial charge in [-0.2, -0.15) is 0 Å². The van der Waals surface area contributed by atoms with Crippen molar-refractivity contribution in [2.24, 2.45) is 11.8 Å². The number of rotatable bonds is 15. The van der Waals surface area contributed by atoms with Crippen LogP contribution < -0.4 is 0 Å². The van der Waals surface area contributed by atoms with Crippen LogP contribution in [0.1, 0.15) is 91.4 Å². The summed E-state index contributed by atoms with van der Waals surface area (Å²) in [7, 11) is 1.40. The van der Waals surface area contributed by atoms with Crippen LogP contribution in [0.4, 0.5) is 0 Å². The maximum Gasteiger partial charge on any atom is 0.305 e. The van der Waals surface area contributed by atoms with Gasteiger partial charge in [-0.25, -0.2) is 0 Å². The van der Waals surface area contributed by atoms with Gasteiger partial charge in [-0.3, -0.25) is 14.4 Å². The van der Waals surface area contributed by atoms with Gasteiger partial charge in [0, 0.05) is 44.3 Å². The summed E-state index contributed by atoms with van der Waals surface area (Å²) in [6.45, 7) is 6.48. The number of allylic oxidation sites excluding steroid dienone is 2. The smallest absolute Gasteiger partial charge is 0.305 e. The highest BCUT2D eigenvalue weighted by Gasteiger charge is 2.46. The average molecular weight is 513 g/mol. The molecule has 1 aliphatic carbocycles. The SMILES string of the molecule is CCCCCC1(CC[C@H]2C(SC(C)=O)C[C@H](OC(C)=O)[C@@H]2C/C=C\CCCC(=O)OC)OCCO1. The fourth-order valence-corrected chi connectivity index (χ4v) is 6.56. The monoisotopic (exact) mass is 512 g/mol. The van der Waals surface area contributed by atoms with Crippen LogP contribution >= 0.6 is 11.8 Å². The van der Waals surface area contributed by atoms with Crippen molar-refractivity contribution in [3.05, 3.63) is 12.2 Å². The molecule has 0 bridgehead atoms. The molecule has 1 unspecified atom stereocenters. The molecule has 1 aliphatic heterocycles. The lowest BCUT2D eigenvalue weighted by Crippen LogP contribution is -2.33. The van der Waals surface area contributed by atoms with Crippen LogP contribution in [0.15, 0.2) is 12.2 Å². The first-order chi connectivity index (χ1) is 16.8. The van der Waals surface area contributed by atoms with E-state index in [1.807, 2.05) is 0 Å². The van der Waals surface area contributed by atoms with E-state index in [2.05, 4.69) is 19.1 Å². The van der Waals surface area contributed by atoms with Crippen molar-refractivity contribution >= 4 is 28.8 Å². The van der Waals surface area contributed by atoms with Gasteiger partial charge in [0.2, 0.25) is 0 Å². The van der Waals surface area contributed by atoms with Crippen LogP contribution in [0.3, 0.4) is 0 Å². The topological polar surface area (TPSA) is 88.1 Å². The van der Waals surface area contributed by atoms with Crippen LogP contribution in [0.5, 0.6) is 0 Å². The number of unbranched alkanes of at least 4 members (excludes halogenated alkanes) is 3. The summed E-state index contributed by atoms with van der Waals surface area (Å²) in [5.74, 6) is -0.676. The standard InChI is InChI=1S/C27H44O7S/c1-5-6-11-15-27(32-17-18-33-27)16-14-23-22(12-9-7-8-10-13-26(30)31-4)24(34-20(2)28)19-25(23)35-21(3)29/h7,9,22-25H,5-6,8,10-19H2,1-4H3/b9-7-/t22-,23-,24+,25?/m1/s1. The first-order valence-electron chi connectivity index (χ1n) is 13.1. The van der Waals surface area contributed by atoms with Crippen LogP contribution in [-0.2, 0) is 33.3 Å². The molecule has 0 amide bonds. The van der Waals surface area contributed by atoms with E-state index in [0.29, 0.717) is 26.1 Å². The molecule has 35 heavy (non-hydrogen) atoms. The second-order valence-corrected chi connectivity index (χ2v) is 11.1. The van der Waals surface area contributed by atoms with E-state index in [9.17, 15) is 14.4 Å². The van der Waals surface area contributed by atoms with E-state index >= 15 is 0 Å². The van der Waals surface area contributed by atoms with E-state index < -0.39 is 5.79 Å². The first kappa shape index (κ1) is 29.8. The molecule has 7 nitrogen and oxygen atoms in total. The van der Waals surface area contributed by atoms with E-state index in [4.69, 9.17) is 18.9 Å². The van der Waals surface area contributed by atoms with Gasteiger partial charge in [-0.1, -0.05) is 43.7 Å². The Balaban J connectivity index is 2.09. The van der Waals surface area contributed by atoms with Crippen molar-refractivity contribution < 1.29 is 33.3 Å². The maximum atomic E-state index is 12.0. The van der Waals surface area contributed by atoms with Gasteiger partial charge in [0.1, 0.15) is 6.10 Å². The van der Waals surface area contributed by atoms with Crippen molar-refractivity contribution in [3.63, 3.8) is 0 Å². The Hall–Kier alpha value is -1.38. The summed E-state index contributed by atoms with van der Waals surface area (Å²) >= 11 is 1.37. The molecule has 0 N–H and O–H groups in total. The van der Waals surface area contributed by atoms with E-state index in [0.717, 1.165) is 57.8 Å². The Labute approximate surface area is 215 Å². The molecule has 1 heterocycles. The second-order valence-electron chi connectivity index (χ2n) is 9.64. The molecule has 1 saturated carbocycles. The number of hydrogen-bond acceptors (Lipinski definition) is 8. The fourth-order valence-electron chi connectivity index (χ4n) is 5.33. The number of carbonyl (C=O) groups is 3. The molecule has 8 heteroatoms. The van der Waals surface area contributed by atoms with Crippen molar-refractivity contribution in [1.29, 1.82) is 0 Å². The molecule has 1 saturated heterocycles. The van der Waals surface area contributed by atoms with Gasteiger partial charge in [0.05, 0.1) is 20.3 Å². The van der Waals surface area contributed by atoms with Gasteiger partial charge in [-0.05, 0) is 44.4 Å². The van der Waals surface area contributed by atoms with Crippen LogP contribution in [0.25, 0.3) is 0 Å². The number of esters is 2. The second kappa shape index (κ2) is 15.7. The molecule has 2 rings (SSSR count). The molecule has 0 aromatic rings. The zero-order valence-corrected chi connectivity index (χ0v) is 22.7. The maximum absolute atomic E-state index is 12.0. The summed E-state index contributed by atoms with van der Waals surface area (Å²) < 4.78 is 22.7. The van der Waals surface area contributed by atoms with E-state index in [1.54, 1.807) is 6.92 Å². The zero-order valence-electron chi connectivity index (χ0n) is 21.9. The number of ether oxygens (including phenoxy) is 4. The minimum absolute atomic E-state index is 0.0894. The van der Waals surface area contributed by atoms with Crippen molar-refractivity contribution in [1.82, 2.24) is 0 Å². The molecular formula is C27H44O7S. The molecule has 0 aromatic carbocycles. The third-order valence-corrected chi connectivity index (χ3v) is 8.17. The molecule has 0 radical (unpaired) electrons. The van der Waals surface area contributed by atoms with Gasteiger partial charge < -0.3 is 18.9 Å². The molecule has 0 aromatic heterocycles. The Bertz CT molecular complexity index is 702. The Morgan fingerprint density at radius 3 is 2.40 bits per heavy atom. The van der Waals surface area contributed by atoms with Gasteiger partial charge in [0.25, 0.3) is 0 Å². The Morgan fingerprint density at radius 1 is 1.03 bits per heavy atom. The lowest BCUT2D eigenvalue weighted by atomic mass is 9.85. The van der Waals surface area contributed by atoms with Gasteiger partial charge in [0.15, 0.2) is 10.9 Å². The lowest BCUT2D eigenvalue weighted by Gasteiger charge is -2.32. The normalized spacial score (nSPS) is 25.7. The van der Waals surface area contributed by atoms with Gasteiger partial charge >= 0.3 is 11.9 Å². The summed E-state index contributed by atoms with van der Waals surface area (Å²) in [5, 5.41) is 0.190. The largest absolute Gasteiger partial charge is 0.469 e. The Morgan fingerprint density at radius 2 is 1.77 bits per heavy atom. The third-order valence-electron chi connectivity index (χ3n) is 6.99. The van der Waals surface area contributed by atoms with Gasteiger partial charge in [-0.15, -0.1) is 0 Å². The predicted molar refractivity (Wildman–Crippen MR) is 137 cm³/mol. The van der Waals surface area contributed by atoms with Crippen molar-refractivity contribution in [2.75, 3.05) is 20.3 Å². The minimum atomic E-state index is -0.533. The summed E-state index contributed by atoms with van der Waals surface area (Å²) in [4.78, 5) is 35.2. The van der Waals surface area contributed by atoms with Crippen molar-refractivity contribution in [2.45, 2.75) is 109 Å². The fraction of sp³-hybridized carbons (Fsp3) is 0.815. The number of methoxy groups -OCH3 is 1. The van der Waals surface area contributed by atoms with Crippen LogP contribution in [0, 0.1) is 11.8 Å². The summed E-state index contributed by atoms with van der Waals surface area (Å²) in [6.07, 6.45) is 13.3. The molecule has 200 valence electrons. The molecule has 4 atom stereocenters. The third kappa shape index (κ3) is 10.3. The first-order valence-corrected chi connectivity index (χ1v) is 14.0. The van der Waals surface area contributed by atoms with E-state index in [-0.39, 0.29) is 40.2 Å². The summed E-state index contributed by atoms with van der Waals surface area (Å²) in [5.41, 5.74) is 0. The zero-order chi connectivity index (χ0) is 25.7. The molecule has 0 spiro atoms. The minimum Gasteiger partial charge on any atom is -0.469 e. The molecular weight excluding hydrogens is 468 g/mol. The van der Waals surface area contributed by atoms with Crippen molar-refractivity contribution in [3.8, 4) is 0 Å². The number of hydrogen-bond donors (Lipinski definition) is 0. The van der Waals surface area contributed by atoms with Crippen LogP contribution in [-0.4, -0.2) is 54.5 Å². The summed E-state index contributed by atoms with van der Waals surface area (Å²) in [6, 6.07) is 0.